The lowest BCUT2D eigenvalue weighted by atomic mass is 9.78. The summed E-state index contributed by atoms with van der Waals surface area (Å²) in [5.74, 6) is -1.00. The topological polar surface area (TPSA) is 29.5 Å². The number of likely N-dealkylation sites (tertiary alicyclic amines) is 1. The van der Waals surface area contributed by atoms with Gasteiger partial charge < -0.3 is 9.64 Å². The highest BCUT2D eigenvalue weighted by atomic mass is 19.3. The van der Waals surface area contributed by atoms with Gasteiger partial charge in [0.15, 0.2) is 0 Å². The third kappa shape index (κ3) is 4.81. The van der Waals surface area contributed by atoms with Gasteiger partial charge in [-0.3, -0.25) is 4.79 Å². The highest BCUT2D eigenvalue weighted by Gasteiger charge is 2.60. The van der Waals surface area contributed by atoms with E-state index >= 15 is 0 Å². The van der Waals surface area contributed by atoms with Crippen LogP contribution in [-0.4, -0.2) is 42.8 Å². The largest absolute Gasteiger partial charge is 0.493 e. The summed E-state index contributed by atoms with van der Waals surface area (Å²) in [6.07, 6.45) is 9.33. The van der Waals surface area contributed by atoms with Crippen LogP contribution in [0, 0.1) is 17.8 Å². The van der Waals surface area contributed by atoms with Crippen LogP contribution < -0.4 is 4.74 Å². The molecule has 1 unspecified atom stereocenters. The highest BCUT2D eigenvalue weighted by Crippen LogP contribution is 2.50. The highest BCUT2D eigenvalue weighted by molar-refractivity contribution is 5.85. The van der Waals surface area contributed by atoms with Crippen molar-refractivity contribution in [2.24, 2.45) is 17.8 Å². The van der Waals surface area contributed by atoms with Crippen LogP contribution in [0.1, 0.15) is 74.8 Å². The van der Waals surface area contributed by atoms with Gasteiger partial charge in [0.05, 0.1) is 12.5 Å². The molecule has 2 aliphatic carbocycles. The number of benzene rings is 1. The summed E-state index contributed by atoms with van der Waals surface area (Å²) in [4.78, 5) is 14.6. The number of carbonyl (C=O) groups excluding carboxylic acids is 1. The molecule has 31 heavy (non-hydrogen) atoms. The van der Waals surface area contributed by atoms with E-state index in [1.54, 1.807) is 0 Å². The van der Waals surface area contributed by atoms with Crippen LogP contribution >= 0.6 is 0 Å². The summed E-state index contributed by atoms with van der Waals surface area (Å²) in [6.45, 7) is 4.35. The number of hydrogen-bond acceptors (Lipinski definition) is 3. The zero-order chi connectivity index (χ0) is 21.4. The molecule has 2 heterocycles. The second-order valence-electron chi connectivity index (χ2n) is 10.4. The molecule has 1 atom stereocenters. The van der Waals surface area contributed by atoms with E-state index in [2.05, 4.69) is 23.1 Å². The van der Waals surface area contributed by atoms with Gasteiger partial charge in [0.2, 0.25) is 0 Å². The van der Waals surface area contributed by atoms with Gasteiger partial charge in [-0.25, -0.2) is 8.78 Å². The van der Waals surface area contributed by atoms with E-state index in [9.17, 15) is 13.6 Å². The van der Waals surface area contributed by atoms with Crippen molar-refractivity contribution in [2.75, 3.05) is 26.2 Å². The maximum Gasteiger partial charge on any atom is 0.258 e. The number of alkyl halides is 2. The first-order valence-electron chi connectivity index (χ1n) is 12.4. The van der Waals surface area contributed by atoms with Crippen molar-refractivity contribution < 1.29 is 18.3 Å². The number of fused-ring (bicyclic) bond motifs is 1. The van der Waals surface area contributed by atoms with Crippen LogP contribution in [-0.2, 0) is 11.2 Å². The molecule has 0 spiro atoms. The van der Waals surface area contributed by atoms with Gasteiger partial charge in [0.25, 0.3) is 5.92 Å². The molecular formula is C26H35F2NO2. The Hall–Kier alpha value is -1.49. The van der Waals surface area contributed by atoms with Gasteiger partial charge in [-0.05, 0) is 81.1 Å². The minimum absolute atomic E-state index is 0.188. The first kappa shape index (κ1) is 21.4. The maximum absolute atomic E-state index is 13.1. The Balaban J connectivity index is 1.01. The van der Waals surface area contributed by atoms with Crippen LogP contribution in [0.4, 0.5) is 8.78 Å². The summed E-state index contributed by atoms with van der Waals surface area (Å²) in [6, 6.07) is 6.56. The van der Waals surface area contributed by atoms with Crippen LogP contribution in [0.2, 0.25) is 0 Å². The summed E-state index contributed by atoms with van der Waals surface area (Å²) in [5, 5.41) is 0. The first-order valence-corrected chi connectivity index (χ1v) is 12.4. The Kier molecular flexibility index (Phi) is 6.07. The summed E-state index contributed by atoms with van der Waals surface area (Å²) >= 11 is 0. The molecule has 0 amide bonds. The molecule has 2 aliphatic heterocycles. The van der Waals surface area contributed by atoms with Crippen LogP contribution in [0.3, 0.4) is 0 Å². The normalized spacial score (nSPS) is 30.6. The Morgan fingerprint density at radius 3 is 2.48 bits per heavy atom. The molecular weight excluding hydrogens is 396 g/mol. The minimum atomic E-state index is -2.70. The molecule has 3 nitrogen and oxygen atoms in total. The number of rotatable bonds is 7. The van der Waals surface area contributed by atoms with Gasteiger partial charge in [-0.2, -0.15) is 0 Å². The number of piperidine rings is 1. The number of nitrogens with zero attached hydrogens (tertiary/aromatic N) is 1. The zero-order valence-electron chi connectivity index (χ0n) is 18.5. The standard InChI is InChI=1S/C26H35F2NO2/c27-26(28)17-23(26)24(30)16-19-6-4-18(5-7-19)8-12-29-13-9-20(10-14-29)21-2-1-3-25-22(21)11-15-31-25/h1-3,18-20,23H,4-17H2. The van der Waals surface area contributed by atoms with Crippen LogP contribution in [0.5, 0.6) is 5.75 Å². The molecule has 0 aromatic heterocycles. The Labute approximate surface area is 184 Å². The smallest absolute Gasteiger partial charge is 0.258 e. The van der Waals surface area contributed by atoms with E-state index in [0.29, 0.717) is 18.3 Å². The summed E-state index contributed by atoms with van der Waals surface area (Å²) in [7, 11) is 0. The van der Waals surface area contributed by atoms with Crippen LogP contribution in [0.25, 0.3) is 0 Å². The van der Waals surface area contributed by atoms with Crippen molar-refractivity contribution in [3.8, 4) is 5.75 Å². The fraction of sp³-hybridized carbons (Fsp3) is 0.731. The Morgan fingerprint density at radius 1 is 1.06 bits per heavy atom. The monoisotopic (exact) mass is 431 g/mol. The molecule has 5 rings (SSSR count). The van der Waals surface area contributed by atoms with Crippen molar-refractivity contribution in [3.63, 3.8) is 0 Å². The second-order valence-corrected chi connectivity index (χ2v) is 10.4. The number of Topliss-reactive ketones (excluding diaryl/α,β-unsaturated/α-hetero) is 1. The average molecular weight is 432 g/mol. The van der Waals surface area contributed by atoms with Gasteiger partial charge in [0, 0.05) is 24.8 Å². The minimum Gasteiger partial charge on any atom is -0.493 e. The Bertz CT molecular complexity index is 795. The number of ketones is 1. The van der Waals surface area contributed by atoms with Gasteiger partial charge >= 0.3 is 0 Å². The number of hydrogen-bond donors (Lipinski definition) is 0. The number of halogens is 2. The zero-order valence-corrected chi connectivity index (χ0v) is 18.5. The lowest BCUT2D eigenvalue weighted by Crippen LogP contribution is -2.35. The maximum atomic E-state index is 13.1. The van der Waals surface area contributed by atoms with Crippen LogP contribution in [0.15, 0.2) is 18.2 Å². The third-order valence-electron chi connectivity index (χ3n) is 8.33. The van der Waals surface area contributed by atoms with Gasteiger partial charge in [0.1, 0.15) is 11.5 Å². The fourth-order valence-electron chi connectivity index (χ4n) is 6.18. The van der Waals surface area contributed by atoms with E-state index in [4.69, 9.17) is 4.74 Å². The molecule has 1 saturated heterocycles. The predicted molar refractivity (Wildman–Crippen MR) is 117 cm³/mol. The van der Waals surface area contributed by atoms with Gasteiger partial charge in [-0.15, -0.1) is 0 Å². The molecule has 0 radical (unpaired) electrons. The van der Waals surface area contributed by atoms with E-state index < -0.39 is 11.8 Å². The lowest BCUT2D eigenvalue weighted by molar-refractivity contribution is -0.123. The van der Waals surface area contributed by atoms with E-state index in [-0.39, 0.29) is 12.2 Å². The van der Waals surface area contributed by atoms with E-state index in [0.717, 1.165) is 50.4 Å². The number of ether oxygens (including phenoxy) is 1. The quantitative estimate of drug-likeness (QED) is 0.562. The molecule has 1 aromatic rings. The number of carbonyl (C=O) groups is 1. The summed E-state index contributed by atoms with van der Waals surface area (Å²) in [5.41, 5.74) is 2.97. The molecule has 170 valence electrons. The fourth-order valence-corrected chi connectivity index (χ4v) is 6.18. The van der Waals surface area contributed by atoms with Gasteiger partial charge in [-0.1, -0.05) is 25.0 Å². The molecule has 3 fully saturated rings. The molecule has 0 bridgehead atoms. The average Bonchev–Trinajstić information content (AvgIpc) is 3.18. The third-order valence-corrected chi connectivity index (χ3v) is 8.33. The molecule has 5 heteroatoms. The molecule has 4 aliphatic rings. The van der Waals surface area contributed by atoms with Crippen molar-refractivity contribution in [1.82, 2.24) is 4.90 Å². The van der Waals surface area contributed by atoms with E-state index in [1.807, 2.05) is 0 Å². The Morgan fingerprint density at radius 2 is 1.77 bits per heavy atom. The van der Waals surface area contributed by atoms with E-state index in [1.165, 1.54) is 50.0 Å². The van der Waals surface area contributed by atoms with Crippen molar-refractivity contribution in [1.29, 1.82) is 0 Å². The molecule has 0 N–H and O–H groups in total. The van der Waals surface area contributed by atoms with Crippen molar-refractivity contribution >= 4 is 5.78 Å². The summed E-state index contributed by atoms with van der Waals surface area (Å²) < 4.78 is 31.9. The van der Waals surface area contributed by atoms with Crippen molar-refractivity contribution in [3.05, 3.63) is 29.3 Å². The van der Waals surface area contributed by atoms with Crippen molar-refractivity contribution in [2.45, 2.75) is 76.0 Å². The SMILES string of the molecule is O=C(CC1CCC(CCN2CCC(c3cccc4c3CCO4)CC2)CC1)C1CC1(F)F. The second kappa shape index (κ2) is 8.80. The lowest BCUT2D eigenvalue weighted by Gasteiger charge is -2.35. The predicted octanol–water partition coefficient (Wildman–Crippen LogP) is 5.61. The molecule has 1 aromatic carbocycles. The molecule has 2 saturated carbocycles. The first-order chi connectivity index (χ1) is 15.0.